The van der Waals surface area contributed by atoms with Crippen molar-refractivity contribution >= 4 is 38.5 Å². The van der Waals surface area contributed by atoms with E-state index in [1.54, 1.807) is 6.07 Å². The van der Waals surface area contributed by atoms with Gasteiger partial charge in [0.2, 0.25) is 0 Å². The summed E-state index contributed by atoms with van der Waals surface area (Å²) in [5.41, 5.74) is 1.24. The molecule has 0 aliphatic carbocycles. The molecule has 1 N–H and O–H groups in total. The number of halogens is 4. The largest absolute Gasteiger partial charge is 0.306 e. The van der Waals surface area contributed by atoms with Crippen molar-refractivity contribution in [3.63, 3.8) is 0 Å². The fourth-order valence-corrected chi connectivity index (χ4v) is 3.10. The van der Waals surface area contributed by atoms with Crippen molar-refractivity contribution in [3.8, 4) is 0 Å². The first-order valence-electron chi connectivity index (χ1n) is 6.16. The lowest BCUT2D eigenvalue weighted by atomic mass is 9.98. The topological polar surface area (TPSA) is 12.0 Å². The Bertz CT molecular complexity index is 617. The second kappa shape index (κ2) is 6.95. The molecule has 0 saturated heterocycles. The van der Waals surface area contributed by atoms with Gasteiger partial charge in [-0.3, -0.25) is 0 Å². The maximum absolute atomic E-state index is 14.1. The van der Waals surface area contributed by atoms with Crippen LogP contribution in [-0.2, 0) is 0 Å². The highest BCUT2D eigenvalue weighted by Crippen LogP contribution is 2.30. The van der Waals surface area contributed by atoms with Crippen molar-refractivity contribution in [3.05, 3.63) is 67.2 Å². The zero-order valence-corrected chi connectivity index (χ0v) is 14.5. The molecule has 20 heavy (non-hydrogen) atoms. The summed E-state index contributed by atoms with van der Waals surface area (Å²) in [6, 6.07) is 9.71. The molecule has 1 atom stereocenters. The van der Waals surface area contributed by atoms with E-state index in [0.29, 0.717) is 12.1 Å². The molecule has 5 heteroatoms. The van der Waals surface area contributed by atoms with Gasteiger partial charge in [0.15, 0.2) is 11.6 Å². The van der Waals surface area contributed by atoms with E-state index >= 15 is 0 Å². The predicted molar refractivity (Wildman–Crippen MR) is 88.7 cm³/mol. The Kier molecular flexibility index (Phi) is 5.51. The van der Waals surface area contributed by atoms with E-state index in [0.717, 1.165) is 19.7 Å². The smallest absolute Gasteiger partial charge is 0.163 e. The van der Waals surface area contributed by atoms with Gasteiger partial charge in [-0.1, -0.05) is 35.0 Å². The van der Waals surface area contributed by atoms with Gasteiger partial charge in [0.05, 0.1) is 6.04 Å². The van der Waals surface area contributed by atoms with Crippen LogP contribution in [0.5, 0.6) is 0 Å². The van der Waals surface area contributed by atoms with Gasteiger partial charge in [0.1, 0.15) is 0 Å². The SMILES string of the molecule is CCNC(c1cc(Br)ccc1I)c1cccc(F)c1F. The molecular weight excluding hydrogens is 439 g/mol. The first-order chi connectivity index (χ1) is 9.54. The van der Waals surface area contributed by atoms with Gasteiger partial charge in [0.25, 0.3) is 0 Å². The molecule has 0 aromatic heterocycles. The summed E-state index contributed by atoms with van der Waals surface area (Å²) >= 11 is 5.62. The standard InChI is InChI=1S/C15H13BrF2IN/c1-2-20-15(10-4-3-5-12(17)14(10)18)11-8-9(16)6-7-13(11)19/h3-8,15,20H,2H2,1H3. The third kappa shape index (κ3) is 3.38. The summed E-state index contributed by atoms with van der Waals surface area (Å²) in [4.78, 5) is 0. The summed E-state index contributed by atoms with van der Waals surface area (Å²) in [7, 11) is 0. The minimum atomic E-state index is -0.824. The Hall–Kier alpha value is -0.530. The molecule has 0 bridgehead atoms. The first-order valence-corrected chi connectivity index (χ1v) is 8.04. The van der Waals surface area contributed by atoms with Crippen molar-refractivity contribution < 1.29 is 8.78 Å². The van der Waals surface area contributed by atoms with E-state index in [2.05, 4.69) is 43.8 Å². The van der Waals surface area contributed by atoms with Crippen LogP contribution in [0.4, 0.5) is 8.78 Å². The van der Waals surface area contributed by atoms with Crippen LogP contribution >= 0.6 is 38.5 Å². The molecule has 2 rings (SSSR count). The molecule has 0 amide bonds. The van der Waals surface area contributed by atoms with Crippen molar-refractivity contribution in [2.24, 2.45) is 0 Å². The van der Waals surface area contributed by atoms with Crippen molar-refractivity contribution in [1.29, 1.82) is 0 Å². The van der Waals surface area contributed by atoms with Gasteiger partial charge in [-0.25, -0.2) is 8.78 Å². The molecule has 2 aromatic carbocycles. The average Bonchev–Trinajstić information content (AvgIpc) is 2.43. The second-order valence-corrected chi connectivity index (χ2v) is 6.38. The van der Waals surface area contributed by atoms with Gasteiger partial charge < -0.3 is 5.32 Å². The third-order valence-corrected chi connectivity index (χ3v) is 4.45. The molecule has 0 heterocycles. The molecule has 1 unspecified atom stereocenters. The van der Waals surface area contributed by atoms with Crippen LogP contribution in [0.25, 0.3) is 0 Å². The Morgan fingerprint density at radius 2 is 1.95 bits per heavy atom. The highest BCUT2D eigenvalue weighted by Gasteiger charge is 2.21. The molecule has 0 aliphatic heterocycles. The molecule has 0 spiro atoms. The fourth-order valence-electron chi connectivity index (χ4n) is 2.07. The van der Waals surface area contributed by atoms with E-state index < -0.39 is 11.6 Å². The Balaban J connectivity index is 2.56. The van der Waals surface area contributed by atoms with E-state index in [4.69, 9.17) is 0 Å². The maximum Gasteiger partial charge on any atom is 0.163 e. The minimum Gasteiger partial charge on any atom is -0.306 e. The lowest BCUT2D eigenvalue weighted by molar-refractivity contribution is 0.482. The normalized spacial score (nSPS) is 12.4. The average molecular weight is 452 g/mol. The summed E-state index contributed by atoms with van der Waals surface area (Å²) in [5.74, 6) is -1.62. The van der Waals surface area contributed by atoms with Crippen LogP contribution in [0.15, 0.2) is 40.9 Å². The highest BCUT2D eigenvalue weighted by atomic mass is 127. The monoisotopic (exact) mass is 451 g/mol. The quantitative estimate of drug-likeness (QED) is 0.643. The van der Waals surface area contributed by atoms with Crippen LogP contribution in [0.2, 0.25) is 0 Å². The molecule has 0 saturated carbocycles. The molecule has 0 aliphatic rings. The number of rotatable bonds is 4. The fraction of sp³-hybridized carbons (Fsp3) is 0.200. The van der Waals surface area contributed by atoms with Crippen molar-refractivity contribution in [1.82, 2.24) is 5.32 Å². The summed E-state index contributed by atoms with van der Waals surface area (Å²) in [6.45, 7) is 2.60. The summed E-state index contributed by atoms with van der Waals surface area (Å²) < 4.78 is 29.4. The van der Waals surface area contributed by atoms with Crippen LogP contribution < -0.4 is 5.32 Å². The predicted octanol–water partition coefficient (Wildman–Crippen LogP) is 5.03. The number of nitrogens with one attached hydrogen (secondary N) is 1. The van der Waals surface area contributed by atoms with Crippen molar-refractivity contribution in [2.45, 2.75) is 13.0 Å². The Morgan fingerprint density at radius 3 is 2.65 bits per heavy atom. The van der Waals surface area contributed by atoms with Crippen LogP contribution in [0.1, 0.15) is 24.1 Å². The Morgan fingerprint density at radius 1 is 1.20 bits per heavy atom. The van der Waals surface area contributed by atoms with Gasteiger partial charge >= 0.3 is 0 Å². The summed E-state index contributed by atoms with van der Waals surface area (Å²) in [5, 5.41) is 3.22. The maximum atomic E-state index is 14.1. The lowest BCUT2D eigenvalue weighted by Gasteiger charge is -2.21. The van der Waals surface area contributed by atoms with Crippen molar-refractivity contribution in [2.75, 3.05) is 6.54 Å². The molecule has 106 valence electrons. The third-order valence-electron chi connectivity index (χ3n) is 2.97. The van der Waals surface area contributed by atoms with Gasteiger partial charge in [-0.05, 0) is 59.0 Å². The first kappa shape index (κ1) is 15.9. The van der Waals surface area contributed by atoms with Crippen LogP contribution in [-0.4, -0.2) is 6.54 Å². The van der Waals surface area contributed by atoms with Gasteiger partial charge in [0, 0.05) is 13.6 Å². The van der Waals surface area contributed by atoms with Gasteiger partial charge in [-0.15, -0.1) is 0 Å². The highest BCUT2D eigenvalue weighted by molar-refractivity contribution is 14.1. The molecule has 1 nitrogen and oxygen atoms in total. The molecular formula is C15H13BrF2IN. The molecule has 0 radical (unpaired) electrons. The van der Waals surface area contributed by atoms with E-state index in [1.807, 2.05) is 25.1 Å². The van der Waals surface area contributed by atoms with E-state index in [-0.39, 0.29) is 6.04 Å². The lowest BCUT2D eigenvalue weighted by Crippen LogP contribution is -2.24. The minimum absolute atomic E-state index is 0.322. The van der Waals surface area contributed by atoms with E-state index in [9.17, 15) is 8.78 Å². The molecule has 2 aromatic rings. The van der Waals surface area contributed by atoms with Crippen LogP contribution in [0.3, 0.4) is 0 Å². The number of hydrogen-bond acceptors (Lipinski definition) is 1. The van der Waals surface area contributed by atoms with Crippen LogP contribution in [0, 0.1) is 15.2 Å². The zero-order chi connectivity index (χ0) is 14.7. The zero-order valence-electron chi connectivity index (χ0n) is 10.8. The molecule has 0 fully saturated rings. The second-order valence-electron chi connectivity index (χ2n) is 4.30. The number of hydrogen-bond donors (Lipinski definition) is 1. The van der Waals surface area contributed by atoms with Gasteiger partial charge in [-0.2, -0.15) is 0 Å². The van der Waals surface area contributed by atoms with E-state index in [1.165, 1.54) is 6.07 Å². The number of benzene rings is 2. The Labute approximate surface area is 139 Å². The summed E-state index contributed by atoms with van der Waals surface area (Å²) in [6.07, 6.45) is 0.